The molecule has 190 valence electrons. The van der Waals surface area contributed by atoms with Crippen LogP contribution >= 0.6 is 0 Å². The molecule has 2 aliphatic heterocycles. The Balaban J connectivity index is 1.28. The summed E-state index contributed by atoms with van der Waals surface area (Å²) in [6, 6.07) is 18.0. The minimum absolute atomic E-state index is 0.0390. The Bertz CT molecular complexity index is 1220. The maximum Gasteiger partial charge on any atom is 0.289 e. The fourth-order valence-corrected chi connectivity index (χ4v) is 5.70. The molecule has 2 saturated heterocycles. The molecular weight excluding hydrogens is 452 g/mol. The maximum absolute atomic E-state index is 13.3. The molecular formula is C30H36N2O4. The van der Waals surface area contributed by atoms with Gasteiger partial charge in [0.05, 0.1) is 5.60 Å². The van der Waals surface area contributed by atoms with Crippen molar-refractivity contribution in [2.45, 2.75) is 57.5 Å². The first-order valence-electron chi connectivity index (χ1n) is 13.2. The van der Waals surface area contributed by atoms with Crippen LogP contribution in [0, 0.1) is 5.92 Å². The second kappa shape index (κ2) is 10.1. The first-order chi connectivity index (χ1) is 17.3. The van der Waals surface area contributed by atoms with Crippen molar-refractivity contribution in [1.29, 1.82) is 0 Å². The minimum Gasteiger partial charge on any atom is -0.451 e. The van der Waals surface area contributed by atoms with E-state index < -0.39 is 5.60 Å². The number of hydrogen-bond acceptors (Lipinski definition) is 4. The Labute approximate surface area is 212 Å². The minimum atomic E-state index is -0.985. The molecule has 2 aliphatic rings. The van der Waals surface area contributed by atoms with Crippen molar-refractivity contribution in [2.75, 3.05) is 26.2 Å². The van der Waals surface area contributed by atoms with E-state index in [0.29, 0.717) is 49.7 Å². The van der Waals surface area contributed by atoms with E-state index >= 15 is 0 Å². The number of likely N-dealkylation sites (tertiary alicyclic amines) is 2. The molecule has 6 heteroatoms. The number of furan rings is 1. The molecule has 0 radical (unpaired) electrons. The van der Waals surface area contributed by atoms with Gasteiger partial charge in [0.2, 0.25) is 5.91 Å². The van der Waals surface area contributed by atoms with Gasteiger partial charge in [0.1, 0.15) is 5.58 Å². The maximum atomic E-state index is 13.3. The molecule has 1 N–H and O–H groups in total. The average Bonchev–Trinajstić information content (AvgIpc) is 3.17. The molecule has 3 aromatic rings. The summed E-state index contributed by atoms with van der Waals surface area (Å²) in [5, 5.41) is 12.2. The highest BCUT2D eigenvalue weighted by atomic mass is 16.3. The lowest BCUT2D eigenvalue weighted by molar-refractivity contribution is -0.139. The number of fused-ring (bicyclic) bond motifs is 1. The van der Waals surface area contributed by atoms with Crippen LogP contribution in [-0.4, -0.2) is 52.9 Å². The van der Waals surface area contributed by atoms with Gasteiger partial charge in [-0.25, -0.2) is 0 Å². The predicted molar refractivity (Wildman–Crippen MR) is 140 cm³/mol. The zero-order valence-corrected chi connectivity index (χ0v) is 21.3. The van der Waals surface area contributed by atoms with Crippen molar-refractivity contribution in [3.63, 3.8) is 0 Å². The molecule has 0 bridgehead atoms. The van der Waals surface area contributed by atoms with E-state index in [1.165, 1.54) is 5.56 Å². The standard InChI is InChI=1S/C30H36N2O4/c1-21(2)28(33)32-17-13-30(35,14-18-32)25-10-11-26-24(19-25)20-27(36-26)29(34)31-15-6-9-23(12-16-31)22-7-4-3-5-8-22/h3-5,7-8,10-11,19-21,23,35H,6,9,12-18H2,1-2H3/t23-/m1/s1. The number of amides is 2. The van der Waals surface area contributed by atoms with Crippen molar-refractivity contribution in [3.05, 3.63) is 71.5 Å². The highest BCUT2D eigenvalue weighted by molar-refractivity contribution is 5.96. The summed E-state index contributed by atoms with van der Waals surface area (Å²) < 4.78 is 5.96. The zero-order chi connectivity index (χ0) is 25.3. The van der Waals surface area contributed by atoms with E-state index in [1.54, 1.807) is 0 Å². The first-order valence-corrected chi connectivity index (χ1v) is 13.2. The Hall–Kier alpha value is -3.12. The second-order valence-electron chi connectivity index (χ2n) is 10.7. The third-order valence-electron chi connectivity index (χ3n) is 7.95. The molecule has 0 aliphatic carbocycles. The fourth-order valence-electron chi connectivity index (χ4n) is 5.70. The Kier molecular flexibility index (Phi) is 6.89. The molecule has 6 nitrogen and oxygen atoms in total. The molecule has 0 spiro atoms. The lowest BCUT2D eigenvalue weighted by Gasteiger charge is -2.39. The smallest absolute Gasteiger partial charge is 0.289 e. The number of aliphatic hydroxyl groups is 1. The van der Waals surface area contributed by atoms with Gasteiger partial charge in [0, 0.05) is 37.5 Å². The van der Waals surface area contributed by atoms with E-state index in [0.717, 1.165) is 36.8 Å². The average molecular weight is 489 g/mol. The summed E-state index contributed by atoms with van der Waals surface area (Å²) in [7, 11) is 0. The molecule has 1 atom stereocenters. The van der Waals surface area contributed by atoms with E-state index in [-0.39, 0.29) is 17.7 Å². The predicted octanol–water partition coefficient (Wildman–Crippen LogP) is 5.31. The molecule has 5 rings (SSSR count). The molecule has 2 fully saturated rings. The quantitative estimate of drug-likeness (QED) is 0.540. The highest BCUT2D eigenvalue weighted by Gasteiger charge is 2.36. The van der Waals surface area contributed by atoms with E-state index in [9.17, 15) is 14.7 Å². The number of benzene rings is 2. The molecule has 0 saturated carbocycles. The second-order valence-corrected chi connectivity index (χ2v) is 10.7. The number of rotatable bonds is 4. The van der Waals surface area contributed by atoms with Crippen LogP contribution in [-0.2, 0) is 10.4 Å². The molecule has 0 unspecified atom stereocenters. The summed E-state index contributed by atoms with van der Waals surface area (Å²) in [5.41, 5.74) is 1.82. The zero-order valence-electron chi connectivity index (χ0n) is 21.3. The summed E-state index contributed by atoms with van der Waals surface area (Å²) in [6.07, 6.45) is 3.99. The van der Waals surface area contributed by atoms with Crippen LogP contribution in [0.5, 0.6) is 0 Å². The van der Waals surface area contributed by atoms with Crippen LogP contribution in [0.25, 0.3) is 11.0 Å². The van der Waals surface area contributed by atoms with E-state index in [2.05, 4.69) is 24.3 Å². The van der Waals surface area contributed by atoms with Gasteiger partial charge in [-0.3, -0.25) is 9.59 Å². The Morgan fingerprint density at radius 1 is 0.944 bits per heavy atom. The van der Waals surface area contributed by atoms with Crippen LogP contribution in [0.4, 0.5) is 0 Å². The van der Waals surface area contributed by atoms with Gasteiger partial charge in [-0.15, -0.1) is 0 Å². The Morgan fingerprint density at radius 2 is 1.69 bits per heavy atom. The topological polar surface area (TPSA) is 74.0 Å². The number of nitrogens with zero attached hydrogens (tertiary/aromatic N) is 2. The van der Waals surface area contributed by atoms with Gasteiger partial charge in [-0.05, 0) is 67.3 Å². The molecule has 36 heavy (non-hydrogen) atoms. The summed E-state index contributed by atoms with van der Waals surface area (Å²) in [5.74, 6) is 0.854. The van der Waals surface area contributed by atoms with E-state index in [1.807, 2.05) is 54.0 Å². The van der Waals surface area contributed by atoms with Crippen LogP contribution in [0.3, 0.4) is 0 Å². The summed E-state index contributed by atoms with van der Waals surface area (Å²) in [4.78, 5) is 29.4. The van der Waals surface area contributed by atoms with Crippen LogP contribution in [0.1, 0.15) is 73.6 Å². The number of carbonyl (C=O) groups is 2. The molecule has 1 aromatic heterocycles. The van der Waals surface area contributed by atoms with Crippen molar-refractivity contribution in [1.82, 2.24) is 9.80 Å². The lowest BCUT2D eigenvalue weighted by Crippen LogP contribution is -2.46. The SMILES string of the molecule is CC(C)C(=O)N1CCC(O)(c2ccc3oc(C(=O)N4CCC[C@@H](c5ccccc5)CC4)cc3c2)CC1. The first kappa shape index (κ1) is 24.6. The van der Waals surface area contributed by atoms with Gasteiger partial charge in [0.25, 0.3) is 5.91 Å². The molecule has 2 aromatic carbocycles. The van der Waals surface area contributed by atoms with Gasteiger partial charge in [-0.1, -0.05) is 50.2 Å². The van der Waals surface area contributed by atoms with Crippen LogP contribution in [0.15, 0.2) is 59.0 Å². The summed E-state index contributed by atoms with van der Waals surface area (Å²) >= 11 is 0. The number of piperidine rings is 1. The third-order valence-corrected chi connectivity index (χ3v) is 7.95. The van der Waals surface area contributed by atoms with Crippen molar-refractivity contribution in [2.24, 2.45) is 5.92 Å². The van der Waals surface area contributed by atoms with E-state index in [4.69, 9.17) is 4.42 Å². The Morgan fingerprint density at radius 3 is 2.42 bits per heavy atom. The third kappa shape index (κ3) is 4.92. The number of carbonyl (C=O) groups excluding carboxylic acids is 2. The highest BCUT2D eigenvalue weighted by Crippen LogP contribution is 2.36. The van der Waals surface area contributed by atoms with Gasteiger partial charge < -0.3 is 19.3 Å². The normalized spacial score (nSPS) is 20.5. The van der Waals surface area contributed by atoms with Gasteiger partial charge in [-0.2, -0.15) is 0 Å². The van der Waals surface area contributed by atoms with Crippen molar-refractivity contribution >= 4 is 22.8 Å². The van der Waals surface area contributed by atoms with Crippen molar-refractivity contribution in [3.8, 4) is 0 Å². The van der Waals surface area contributed by atoms with Gasteiger partial charge >= 0.3 is 0 Å². The monoisotopic (exact) mass is 488 g/mol. The van der Waals surface area contributed by atoms with Gasteiger partial charge in [0.15, 0.2) is 5.76 Å². The summed E-state index contributed by atoms with van der Waals surface area (Å²) in [6.45, 7) is 6.34. The van der Waals surface area contributed by atoms with Crippen LogP contribution in [0.2, 0.25) is 0 Å². The van der Waals surface area contributed by atoms with Crippen molar-refractivity contribution < 1.29 is 19.1 Å². The molecule has 2 amide bonds. The number of hydrogen-bond donors (Lipinski definition) is 1. The largest absolute Gasteiger partial charge is 0.451 e. The fraction of sp³-hybridized carbons (Fsp3) is 0.467. The molecule has 3 heterocycles. The lowest BCUT2D eigenvalue weighted by atomic mass is 9.84. The van der Waals surface area contributed by atoms with Crippen LogP contribution < -0.4 is 0 Å².